The number of phenolic OH excluding ortho intramolecular Hbond substituents is 1. The molecule has 5 nitrogen and oxygen atoms in total. The van der Waals surface area contributed by atoms with Crippen LogP contribution in [0.3, 0.4) is 0 Å². The number of hydrogen-bond donors (Lipinski definition) is 1. The van der Waals surface area contributed by atoms with Crippen LogP contribution in [-0.2, 0) is 6.54 Å². The lowest BCUT2D eigenvalue weighted by molar-refractivity contribution is 0.0625. The van der Waals surface area contributed by atoms with Crippen LogP contribution in [0.15, 0.2) is 42.5 Å². The van der Waals surface area contributed by atoms with E-state index in [1.54, 1.807) is 17.0 Å². The number of ether oxygens (including phenoxy) is 1. The Kier molecular flexibility index (Phi) is 5.24. The first-order valence-corrected chi connectivity index (χ1v) is 8.51. The first-order valence-electron chi connectivity index (χ1n) is 8.51. The minimum Gasteiger partial charge on any atom is -0.507 e. The smallest absolute Gasteiger partial charge is 0.257 e. The lowest BCUT2D eigenvalue weighted by Crippen LogP contribution is -2.48. The Morgan fingerprint density at radius 1 is 1.12 bits per heavy atom. The van der Waals surface area contributed by atoms with E-state index < -0.39 is 0 Å². The highest BCUT2D eigenvalue weighted by atomic mass is 16.5. The average molecular weight is 340 g/mol. The van der Waals surface area contributed by atoms with Crippen molar-refractivity contribution in [2.45, 2.75) is 13.5 Å². The lowest BCUT2D eigenvalue weighted by Gasteiger charge is -2.35. The van der Waals surface area contributed by atoms with Gasteiger partial charge >= 0.3 is 0 Å². The van der Waals surface area contributed by atoms with Crippen LogP contribution < -0.4 is 4.74 Å². The zero-order chi connectivity index (χ0) is 17.8. The molecule has 0 aliphatic carbocycles. The van der Waals surface area contributed by atoms with Crippen molar-refractivity contribution in [3.63, 3.8) is 0 Å². The van der Waals surface area contributed by atoms with Gasteiger partial charge in [0.05, 0.1) is 12.7 Å². The maximum atomic E-state index is 12.6. The van der Waals surface area contributed by atoms with Crippen molar-refractivity contribution in [1.82, 2.24) is 9.80 Å². The number of aryl methyl sites for hydroxylation is 1. The molecule has 1 amide bonds. The van der Waals surface area contributed by atoms with Gasteiger partial charge in [0.15, 0.2) is 0 Å². The highest BCUT2D eigenvalue weighted by Crippen LogP contribution is 2.25. The number of rotatable bonds is 4. The average Bonchev–Trinajstić information content (AvgIpc) is 2.62. The molecule has 0 radical (unpaired) electrons. The number of amides is 1. The van der Waals surface area contributed by atoms with E-state index in [0.29, 0.717) is 24.4 Å². The van der Waals surface area contributed by atoms with Gasteiger partial charge in [-0.05, 0) is 24.6 Å². The first kappa shape index (κ1) is 17.3. The van der Waals surface area contributed by atoms with Crippen LogP contribution in [0.2, 0.25) is 0 Å². The predicted octanol–water partition coefficient (Wildman–Crippen LogP) is 2.67. The maximum Gasteiger partial charge on any atom is 0.257 e. The summed E-state index contributed by atoms with van der Waals surface area (Å²) in [7, 11) is 1.53. The molecule has 2 aromatic rings. The SMILES string of the molecule is COc1ccc(C(=O)N2CCN(Cc3cccc(C)c3)CC2)c(O)c1. The van der Waals surface area contributed by atoms with Gasteiger partial charge in [-0.2, -0.15) is 0 Å². The molecule has 0 atom stereocenters. The zero-order valence-corrected chi connectivity index (χ0v) is 14.7. The van der Waals surface area contributed by atoms with Crippen LogP contribution in [0.25, 0.3) is 0 Å². The van der Waals surface area contributed by atoms with Gasteiger partial charge in [0, 0.05) is 38.8 Å². The van der Waals surface area contributed by atoms with Crippen molar-refractivity contribution < 1.29 is 14.6 Å². The summed E-state index contributed by atoms with van der Waals surface area (Å²) in [5.41, 5.74) is 2.89. The fraction of sp³-hybridized carbons (Fsp3) is 0.350. The standard InChI is InChI=1S/C20H24N2O3/c1-15-4-3-5-16(12-15)14-21-8-10-22(11-9-21)20(24)18-7-6-17(25-2)13-19(18)23/h3-7,12-13,23H,8-11,14H2,1-2H3. The zero-order valence-electron chi connectivity index (χ0n) is 14.7. The van der Waals surface area contributed by atoms with Crippen LogP contribution >= 0.6 is 0 Å². The Morgan fingerprint density at radius 2 is 1.88 bits per heavy atom. The van der Waals surface area contributed by atoms with Crippen LogP contribution in [0, 0.1) is 6.92 Å². The van der Waals surface area contributed by atoms with Gasteiger partial charge < -0.3 is 14.7 Å². The number of benzene rings is 2. The van der Waals surface area contributed by atoms with Gasteiger partial charge in [-0.15, -0.1) is 0 Å². The Balaban J connectivity index is 1.59. The molecule has 2 aromatic carbocycles. The van der Waals surface area contributed by atoms with Crippen LogP contribution in [0.4, 0.5) is 0 Å². The quantitative estimate of drug-likeness (QED) is 0.930. The molecule has 132 valence electrons. The second-order valence-electron chi connectivity index (χ2n) is 6.44. The van der Waals surface area contributed by atoms with E-state index in [1.165, 1.54) is 24.3 Å². The molecule has 0 saturated carbocycles. The van der Waals surface area contributed by atoms with Crippen LogP contribution in [-0.4, -0.2) is 54.1 Å². The third kappa shape index (κ3) is 4.12. The van der Waals surface area contributed by atoms with Crippen molar-refractivity contribution in [2.24, 2.45) is 0 Å². The molecule has 0 bridgehead atoms. The highest BCUT2D eigenvalue weighted by molar-refractivity contribution is 5.97. The second-order valence-corrected chi connectivity index (χ2v) is 6.44. The van der Waals surface area contributed by atoms with Gasteiger partial charge in [-0.25, -0.2) is 0 Å². The monoisotopic (exact) mass is 340 g/mol. The van der Waals surface area contributed by atoms with Crippen molar-refractivity contribution in [3.05, 3.63) is 59.2 Å². The predicted molar refractivity (Wildman–Crippen MR) is 97.0 cm³/mol. The summed E-state index contributed by atoms with van der Waals surface area (Å²) in [5.74, 6) is 0.374. The fourth-order valence-corrected chi connectivity index (χ4v) is 3.17. The molecule has 1 aliphatic rings. The number of piperazine rings is 1. The molecule has 0 unspecified atom stereocenters. The molecule has 0 spiro atoms. The number of carbonyl (C=O) groups is 1. The summed E-state index contributed by atoms with van der Waals surface area (Å²) in [5, 5.41) is 10.1. The summed E-state index contributed by atoms with van der Waals surface area (Å²) >= 11 is 0. The summed E-state index contributed by atoms with van der Waals surface area (Å²) in [6.45, 7) is 5.98. The van der Waals surface area contributed by atoms with Gasteiger partial charge in [0.1, 0.15) is 11.5 Å². The molecule has 1 aliphatic heterocycles. The normalized spacial score (nSPS) is 15.2. The van der Waals surface area contributed by atoms with E-state index in [2.05, 4.69) is 36.1 Å². The second kappa shape index (κ2) is 7.57. The van der Waals surface area contributed by atoms with Crippen molar-refractivity contribution in [3.8, 4) is 11.5 Å². The van der Waals surface area contributed by atoms with Crippen molar-refractivity contribution >= 4 is 5.91 Å². The lowest BCUT2D eigenvalue weighted by atomic mass is 10.1. The Bertz CT molecular complexity index is 752. The Morgan fingerprint density at radius 3 is 2.52 bits per heavy atom. The van der Waals surface area contributed by atoms with Crippen molar-refractivity contribution in [1.29, 1.82) is 0 Å². The first-order chi connectivity index (χ1) is 12.1. The molecule has 1 saturated heterocycles. The van der Waals surface area contributed by atoms with Crippen molar-refractivity contribution in [2.75, 3.05) is 33.3 Å². The number of phenols is 1. The molecule has 1 fully saturated rings. The highest BCUT2D eigenvalue weighted by Gasteiger charge is 2.24. The van der Waals surface area contributed by atoms with E-state index in [0.717, 1.165) is 19.6 Å². The van der Waals surface area contributed by atoms with E-state index in [9.17, 15) is 9.90 Å². The molecule has 0 aromatic heterocycles. The summed E-state index contributed by atoms with van der Waals surface area (Å²) < 4.78 is 5.06. The molecular weight excluding hydrogens is 316 g/mol. The summed E-state index contributed by atoms with van der Waals surface area (Å²) in [6.07, 6.45) is 0. The van der Waals surface area contributed by atoms with Gasteiger partial charge in [-0.3, -0.25) is 9.69 Å². The third-order valence-corrected chi connectivity index (χ3v) is 4.58. The van der Waals surface area contributed by atoms with Crippen LogP contribution in [0.1, 0.15) is 21.5 Å². The molecular formula is C20H24N2O3. The molecule has 5 heteroatoms. The number of methoxy groups -OCH3 is 1. The van der Waals surface area contributed by atoms with E-state index in [-0.39, 0.29) is 11.7 Å². The van der Waals surface area contributed by atoms with Gasteiger partial charge in [0.25, 0.3) is 5.91 Å². The fourth-order valence-electron chi connectivity index (χ4n) is 3.17. The van der Waals surface area contributed by atoms with Crippen LogP contribution in [0.5, 0.6) is 11.5 Å². The van der Waals surface area contributed by atoms with Gasteiger partial charge in [0.2, 0.25) is 0 Å². The van der Waals surface area contributed by atoms with Gasteiger partial charge in [-0.1, -0.05) is 29.8 Å². The maximum absolute atomic E-state index is 12.6. The molecule has 1 N–H and O–H groups in total. The summed E-state index contributed by atoms with van der Waals surface area (Å²) in [6, 6.07) is 13.3. The minimum atomic E-state index is -0.129. The largest absolute Gasteiger partial charge is 0.507 e. The number of hydrogen-bond acceptors (Lipinski definition) is 4. The third-order valence-electron chi connectivity index (χ3n) is 4.58. The Hall–Kier alpha value is -2.53. The van der Waals surface area contributed by atoms with E-state index in [1.807, 2.05) is 0 Å². The number of carbonyl (C=O) groups excluding carboxylic acids is 1. The molecule has 25 heavy (non-hydrogen) atoms. The Labute approximate surface area is 148 Å². The molecule has 3 rings (SSSR count). The van der Waals surface area contributed by atoms with E-state index >= 15 is 0 Å². The molecule has 1 heterocycles. The minimum absolute atomic E-state index is 0.0356. The topological polar surface area (TPSA) is 53.0 Å². The summed E-state index contributed by atoms with van der Waals surface area (Å²) in [4.78, 5) is 16.8. The number of aromatic hydroxyl groups is 1. The van der Waals surface area contributed by atoms with E-state index in [4.69, 9.17) is 4.74 Å². The number of nitrogens with zero attached hydrogens (tertiary/aromatic N) is 2.